The number of amides is 1. The SMILES string of the molecule is Cc1cc(C(=O)C2CC2C(Cc2ccccc2)C(O)CNCc2cccc(C(F)(F)F)c2)cc(C(=O)N2CCCC2c2cccs2)c1. The summed E-state index contributed by atoms with van der Waals surface area (Å²) < 4.78 is 39.5. The normalized spacial score (nSPS) is 20.6. The van der Waals surface area contributed by atoms with Crippen molar-refractivity contribution in [2.45, 2.75) is 57.5 Å². The van der Waals surface area contributed by atoms with Crippen molar-refractivity contribution < 1.29 is 27.9 Å². The maximum atomic E-state index is 13.9. The average molecular weight is 661 g/mol. The Bertz CT molecular complexity index is 1690. The number of ketones is 1. The lowest BCUT2D eigenvalue weighted by atomic mass is 9.87. The highest BCUT2D eigenvalue weighted by molar-refractivity contribution is 7.10. The first-order valence-electron chi connectivity index (χ1n) is 16.2. The number of alkyl halides is 3. The molecule has 5 nitrogen and oxygen atoms in total. The standard InChI is InChI=1S/C38H39F3N2O3S/c1-24-16-27(20-28(17-24)37(46)43-14-6-12-33(43)35-13-7-15-47-35)36(45)32-21-30(32)31(19-25-8-3-2-4-9-25)34(44)23-42-22-26-10-5-11-29(18-26)38(39,40)41/h2-5,7-11,13,15-18,20,30-34,42,44H,6,12,14,19,21-23H2,1H3. The van der Waals surface area contributed by atoms with Crippen molar-refractivity contribution >= 4 is 23.0 Å². The topological polar surface area (TPSA) is 69.6 Å². The highest BCUT2D eigenvalue weighted by atomic mass is 32.1. The zero-order valence-corrected chi connectivity index (χ0v) is 27.1. The van der Waals surface area contributed by atoms with Crippen molar-refractivity contribution in [1.29, 1.82) is 0 Å². The summed E-state index contributed by atoms with van der Waals surface area (Å²) in [5, 5.41) is 16.6. The Kier molecular flexibility index (Phi) is 9.96. The number of hydrogen-bond acceptors (Lipinski definition) is 5. The summed E-state index contributed by atoms with van der Waals surface area (Å²) in [6, 6.07) is 24.5. The van der Waals surface area contributed by atoms with Gasteiger partial charge in [-0.1, -0.05) is 54.6 Å². The van der Waals surface area contributed by atoms with Gasteiger partial charge in [0.1, 0.15) is 0 Å². The second-order valence-electron chi connectivity index (χ2n) is 12.9. The van der Waals surface area contributed by atoms with E-state index in [1.807, 2.05) is 65.7 Å². The van der Waals surface area contributed by atoms with Crippen LogP contribution in [0.15, 0.2) is 90.3 Å². The van der Waals surface area contributed by atoms with Crippen LogP contribution in [0.5, 0.6) is 0 Å². The third kappa shape index (κ3) is 7.86. The van der Waals surface area contributed by atoms with Crippen LogP contribution >= 0.6 is 11.3 Å². The smallest absolute Gasteiger partial charge is 0.391 e. The third-order valence-corrected chi connectivity index (χ3v) is 10.4. The quantitative estimate of drug-likeness (QED) is 0.152. The Hall–Kier alpha value is -3.79. The number of thiophene rings is 1. The predicted molar refractivity (Wildman–Crippen MR) is 177 cm³/mol. The Labute approximate surface area is 277 Å². The fraction of sp³-hybridized carbons (Fsp3) is 0.368. The molecule has 1 amide bonds. The van der Waals surface area contributed by atoms with Crippen LogP contribution in [0.25, 0.3) is 0 Å². The summed E-state index contributed by atoms with van der Waals surface area (Å²) in [7, 11) is 0. The lowest BCUT2D eigenvalue weighted by Gasteiger charge is -2.25. The molecule has 2 aliphatic rings. The summed E-state index contributed by atoms with van der Waals surface area (Å²) in [6.45, 7) is 2.94. The Morgan fingerprint density at radius 1 is 0.979 bits per heavy atom. The summed E-state index contributed by atoms with van der Waals surface area (Å²) in [4.78, 5) is 30.7. The number of benzene rings is 3. The molecule has 1 aliphatic heterocycles. The molecular weight excluding hydrogens is 621 g/mol. The van der Waals surface area contributed by atoms with E-state index in [-0.39, 0.29) is 48.6 Å². The molecule has 4 aromatic rings. The van der Waals surface area contributed by atoms with Gasteiger partial charge in [-0.25, -0.2) is 0 Å². The minimum Gasteiger partial charge on any atom is -0.391 e. The number of aliphatic hydroxyl groups excluding tert-OH is 1. The first-order chi connectivity index (χ1) is 22.6. The van der Waals surface area contributed by atoms with Gasteiger partial charge in [-0.2, -0.15) is 13.2 Å². The highest BCUT2D eigenvalue weighted by Gasteiger charge is 2.49. The van der Waals surface area contributed by atoms with Crippen LogP contribution in [0.4, 0.5) is 13.2 Å². The predicted octanol–water partition coefficient (Wildman–Crippen LogP) is 7.88. The van der Waals surface area contributed by atoms with Crippen LogP contribution in [0.3, 0.4) is 0 Å². The van der Waals surface area contributed by atoms with E-state index in [4.69, 9.17) is 0 Å². The van der Waals surface area contributed by atoms with Crippen molar-refractivity contribution in [3.05, 3.63) is 129 Å². The van der Waals surface area contributed by atoms with Gasteiger partial charge in [0, 0.05) is 41.6 Å². The van der Waals surface area contributed by atoms with Crippen molar-refractivity contribution in [3.63, 3.8) is 0 Å². The maximum Gasteiger partial charge on any atom is 0.416 e. The van der Waals surface area contributed by atoms with E-state index in [9.17, 15) is 27.9 Å². The summed E-state index contributed by atoms with van der Waals surface area (Å²) in [5.41, 5.74) is 2.70. The Morgan fingerprint density at radius 2 is 1.74 bits per heavy atom. The molecule has 5 unspecified atom stereocenters. The van der Waals surface area contributed by atoms with E-state index in [2.05, 4.69) is 11.4 Å². The van der Waals surface area contributed by atoms with Gasteiger partial charge in [-0.05, 0) is 96.8 Å². The lowest BCUT2D eigenvalue weighted by molar-refractivity contribution is -0.137. The lowest BCUT2D eigenvalue weighted by Crippen LogP contribution is -2.35. The fourth-order valence-electron chi connectivity index (χ4n) is 7.04. The number of likely N-dealkylation sites (tertiary alicyclic amines) is 1. The number of aryl methyl sites for hydroxylation is 1. The monoisotopic (exact) mass is 660 g/mol. The van der Waals surface area contributed by atoms with Gasteiger partial charge in [-0.15, -0.1) is 11.3 Å². The van der Waals surface area contributed by atoms with E-state index in [0.717, 1.165) is 36.1 Å². The molecule has 2 N–H and O–H groups in total. The Balaban J connectivity index is 1.14. The van der Waals surface area contributed by atoms with Gasteiger partial charge >= 0.3 is 6.18 Å². The van der Waals surface area contributed by atoms with E-state index < -0.39 is 17.8 Å². The number of aliphatic hydroxyl groups is 1. The van der Waals surface area contributed by atoms with Crippen molar-refractivity contribution in [2.75, 3.05) is 13.1 Å². The maximum absolute atomic E-state index is 13.9. The van der Waals surface area contributed by atoms with Crippen LogP contribution in [0.2, 0.25) is 0 Å². The molecule has 0 radical (unpaired) electrons. The summed E-state index contributed by atoms with van der Waals surface area (Å²) in [6.07, 6.45) is -2.18. The molecule has 1 aromatic heterocycles. The molecule has 1 aliphatic carbocycles. The molecule has 3 aromatic carbocycles. The molecule has 246 valence electrons. The summed E-state index contributed by atoms with van der Waals surface area (Å²) in [5.74, 6) is -0.657. The number of hydrogen-bond donors (Lipinski definition) is 2. The molecule has 9 heteroatoms. The van der Waals surface area contributed by atoms with Gasteiger partial charge in [0.25, 0.3) is 5.91 Å². The van der Waals surface area contributed by atoms with Crippen LogP contribution in [-0.2, 0) is 19.1 Å². The number of carbonyl (C=O) groups excluding carboxylic acids is 2. The number of nitrogens with zero attached hydrogens (tertiary/aromatic N) is 1. The zero-order valence-electron chi connectivity index (χ0n) is 26.2. The second kappa shape index (κ2) is 14.1. The molecular formula is C38H39F3N2O3S. The van der Waals surface area contributed by atoms with Crippen molar-refractivity contribution in [2.24, 2.45) is 17.8 Å². The molecule has 2 fully saturated rings. The van der Waals surface area contributed by atoms with E-state index in [1.54, 1.807) is 23.5 Å². The Morgan fingerprint density at radius 3 is 2.49 bits per heavy atom. The zero-order chi connectivity index (χ0) is 33.1. The molecule has 5 atom stereocenters. The average Bonchev–Trinajstić information content (AvgIpc) is 3.40. The second-order valence-corrected chi connectivity index (χ2v) is 13.9. The number of nitrogens with one attached hydrogen (secondary N) is 1. The van der Waals surface area contributed by atoms with Gasteiger partial charge < -0.3 is 15.3 Å². The van der Waals surface area contributed by atoms with Crippen LogP contribution in [0.1, 0.15) is 73.2 Å². The van der Waals surface area contributed by atoms with E-state index in [1.165, 1.54) is 10.9 Å². The molecule has 1 saturated heterocycles. The van der Waals surface area contributed by atoms with Crippen LogP contribution in [-0.4, -0.2) is 40.9 Å². The van der Waals surface area contributed by atoms with Crippen molar-refractivity contribution in [1.82, 2.24) is 10.2 Å². The molecule has 0 spiro atoms. The third-order valence-electron chi connectivity index (χ3n) is 9.47. The molecule has 1 saturated carbocycles. The molecule has 0 bridgehead atoms. The van der Waals surface area contributed by atoms with Crippen LogP contribution in [0, 0.1) is 24.7 Å². The van der Waals surface area contributed by atoms with Crippen molar-refractivity contribution in [3.8, 4) is 0 Å². The van der Waals surface area contributed by atoms with Gasteiger partial charge in [0.2, 0.25) is 0 Å². The first kappa shape index (κ1) is 33.1. The number of Topliss-reactive ketones (excluding diaryl/α,β-unsaturated/α-hetero) is 1. The first-order valence-corrected chi connectivity index (χ1v) is 17.1. The van der Waals surface area contributed by atoms with Gasteiger partial charge in [0.15, 0.2) is 5.78 Å². The van der Waals surface area contributed by atoms with Crippen LogP contribution < -0.4 is 5.32 Å². The largest absolute Gasteiger partial charge is 0.416 e. The van der Waals surface area contributed by atoms with E-state index >= 15 is 0 Å². The minimum atomic E-state index is -4.42. The molecule has 2 heterocycles. The number of halogens is 3. The van der Waals surface area contributed by atoms with Gasteiger partial charge in [-0.3, -0.25) is 9.59 Å². The molecule has 47 heavy (non-hydrogen) atoms. The fourth-order valence-corrected chi connectivity index (χ4v) is 7.91. The summed E-state index contributed by atoms with van der Waals surface area (Å²) >= 11 is 1.66. The highest BCUT2D eigenvalue weighted by Crippen LogP contribution is 2.49. The van der Waals surface area contributed by atoms with Gasteiger partial charge in [0.05, 0.1) is 17.7 Å². The molecule has 6 rings (SSSR count). The minimum absolute atomic E-state index is 0.0221. The number of carbonyl (C=O) groups is 2. The number of rotatable bonds is 12. The van der Waals surface area contributed by atoms with E-state index in [0.29, 0.717) is 36.1 Å².